The molecule has 1 aromatic rings. The van der Waals surface area contributed by atoms with Gasteiger partial charge in [-0.15, -0.1) is 0 Å². The smallest absolute Gasteiger partial charge is 0.118 e. The quantitative estimate of drug-likeness (QED) is 0.852. The summed E-state index contributed by atoms with van der Waals surface area (Å²) >= 11 is 0. The molecule has 0 spiro atoms. The van der Waals surface area contributed by atoms with Crippen molar-refractivity contribution in [1.82, 2.24) is 10.2 Å². The van der Waals surface area contributed by atoms with Gasteiger partial charge in [0.2, 0.25) is 0 Å². The molecule has 2 rings (SSSR count). The minimum Gasteiger partial charge on any atom is -0.463 e. The highest BCUT2D eigenvalue weighted by Gasteiger charge is 2.19. The number of nitrogens with one attached hydrogen (secondary N) is 1. The van der Waals surface area contributed by atoms with E-state index in [4.69, 9.17) is 4.42 Å². The van der Waals surface area contributed by atoms with Gasteiger partial charge in [-0.1, -0.05) is 20.8 Å². The highest BCUT2D eigenvalue weighted by Crippen LogP contribution is 2.18. The summed E-state index contributed by atoms with van der Waals surface area (Å²) in [7, 11) is 0. The number of nitrogens with zero attached hydrogens (tertiary/aromatic N) is 1. The van der Waals surface area contributed by atoms with Crippen LogP contribution in [-0.4, -0.2) is 24.0 Å². The Labute approximate surface area is 104 Å². The summed E-state index contributed by atoms with van der Waals surface area (Å²) in [5, 5.41) is 3.37. The van der Waals surface area contributed by atoms with Crippen LogP contribution >= 0.6 is 0 Å². The van der Waals surface area contributed by atoms with E-state index in [1.807, 2.05) is 0 Å². The lowest BCUT2D eigenvalue weighted by Gasteiger charge is -2.12. The van der Waals surface area contributed by atoms with Gasteiger partial charge in [-0.2, -0.15) is 0 Å². The summed E-state index contributed by atoms with van der Waals surface area (Å²) in [6, 6.07) is 4.70. The maximum Gasteiger partial charge on any atom is 0.118 e. The van der Waals surface area contributed by atoms with Crippen LogP contribution in [0.5, 0.6) is 0 Å². The second-order valence-corrected chi connectivity index (χ2v) is 5.53. The zero-order valence-corrected chi connectivity index (χ0v) is 11.2. The summed E-state index contributed by atoms with van der Waals surface area (Å²) in [6.07, 6.45) is 1.32. The number of rotatable bonds is 5. The van der Waals surface area contributed by atoms with Crippen molar-refractivity contribution in [3.8, 4) is 0 Å². The van der Waals surface area contributed by atoms with E-state index in [9.17, 15) is 0 Å². The number of hydrogen-bond acceptors (Lipinski definition) is 3. The largest absolute Gasteiger partial charge is 0.463 e. The van der Waals surface area contributed by atoms with Gasteiger partial charge in [-0.3, -0.25) is 4.90 Å². The Morgan fingerprint density at radius 2 is 2.18 bits per heavy atom. The first-order valence-corrected chi connectivity index (χ1v) is 6.67. The Morgan fingerprint density at radius 3 is 2.82 bits per heavy atom. The van der Waals surface area contributed by atoms with Crippen LogP contribution in [0.3, 0.4) is 0 Å². The second-order valence-electron chi connectivity index (χ2n) is 5.53. The molecular weight excluding hydrogens is 212 g/mol. The van der Waals surface area contributed by atoms with Crippen molar-refractivity contribution in [3.63, 3.8) is 0 Å². The van der Waals surface area contributed by atoms with Gasteiger partial charge >= 0.3 is 0 Å². The van der Waals surface area contributed by atoms with Crippen LogP contribution in [0, 0.1) is 5.92 Å². The molecule has 1 aliphatic heterocycles. The van der Waals surface area contributed by atoms with E-state index in [0.717, 1.165) is 30.5 Å². The molecule has 1 atom stereocenters. The first-order chi connectivity index (χ1) is 8.13. The number of hydrogen-bond donors (Lipinski definition) is 1. The molecule has 3 heteroatoms. The first kappa shape index (κ1) is 12.7. The average Bonchev–Trinajstić information content (AvgIpc) is 2.86. The van der Waals surface area contributed by atoms with Gasteiger partial charge < -0.3 is 9.73 Å². The number of furan rings is 1. The monoisotopic (exact) mass is 236 g/mol. The molecular formula is C14H24N2O. The van der Waals surface area contributed by atoms with Crippen LogP contribution in [0.1, 0.15) is 38.7 Å². The van der Waals surface area contributed by atoms with Crippen molar-refractivity contribution in [1.29, 1.82) is 0 Å². The molecule has 1 fully saturated rings. The molecule has 96 valence electrons. The molecule has 3 nitrogen and oxygen atoms in total. The van der Waals surface area contributed by atoms with E-state index in [1.165, 1.54) is 19.5 Å². The fourth-order valence-electron chi connectivity index (χ4n) is 2.30. The molecule has 0 amide bonds. The molecule has 1 unspecified atom stereocenters. The molecule has 1 N–H and O–H groups in total. The van der Waals surface area contributed by atoms with E-state index in [2.05, 4.69) is 43.1 Å². The van der Waals surface area contributed by atoms with E-state index in [0.29, 0.717) is 6.04 Å². The van der Waals surface area contributed by atoms with Crippen molar-refractivity contribution < 1.29 is 4.42 Å². The summed E-state index contributed by atoms with van der Waals surface area (Å²) in [5.41, 5.74) is 0. The highest BCUT2D eigenvalue weighted by atomic mass is 16.3. The first-order valence-electron chi connectivity index (χ1n) is 6.67. The zero-order chi connectivity index (χ0) is 12.3. The Bertz CT molecular complexity index is 346. The van der Waals surface area contributed by atoms with Crippen molar-refractivity contribution in [3.05, 3.63) is 23.7 Å². The van der Waals surface area contributed by atoms with Crippen molar-refractivity contribution in [2.75, 3.05) is 13.1 Å². The lowest BCUT2D eigenvalue weighted by molar-refractivity contribution is 0.283. The highest BCUT2D eigenvalue weighted by molar-refractivity contribution is 5.07. The van der Waals surface area contributed by atoms with Gasteiger partial charge in [0.25, 0.3) is 0 Å². The summed E-state index contributed by atoms with van der Waals surface area (Å²) in [5.74, 6) is 2.98. The van der Waals surface area contributed by atoms with Gasteiger partial charge in [0.05, 0.1) is 13.1 Å². The van der Waals surface area contributed by atoms with E-state index in [1.54, 1.807) is 0 Å². The molecule has 0 aliphatic carbocycles. The molecule has 2 heterocycles. The average molecular weight is 236 g/mol. The summed E-state index contributed by atoms with van der Waals surface area (Å²) in [6.45, 7) is 10.8. The third kappa shape index (κ3) is 3.86. The lowest BCUT2D eigenvalue weighted by Crippen LogP contribution is -2.21. The SMILES string of the molecule is CC1CCN(Cc2ccc(CNC(C)C)o2)C1. The van der Waals surface area contributed by atoms with E-state index < -0.39 is 0 Å². The van der Waals surface area contributed by atoms with Gasteiger partial charge in [0.1, 0.15) is 11.5 Å². The van der Waals surface area contributed by atoms with Gasteiger partial charge in [-0.05, 0) is 31.0 Å². The summed E-state index contributed by atoms with van der Waals surface area (Å²) < 4.78 is 5.83. The number of likely N-dealkylation sites (tertiary alicyclic amines) is 1. The third-order valence-electron chi connectivity index (χ3n) is 3.29. The minimum absolute atomic E-state index is 0.503. The van der Waals surface area contributed by atoms with Crippen LogP contribution in [0.15, 0.2) is 16.5 Å². The van der Waals surface area contributed by atoms with Crippen molar-refractivity contribution in [2.45, 2.75) is 46.3 Å². The van der Waals surface area contributed by atoms with Crippen molar-refractivity contribution >= 4 is 0 Å². The van der Waals surface area contributed by atoms with Crippen LogP contribution < -0.4 is 5.32 Å². The summed E-state index contributed by atoms with van der Waals surface area (Å²) in [4.78, 5) is 2.48. The molecule has 1 saturated heterocycles. The van der Waals surface area contributed by atoms with Crippen LogP contribution in [0.2, 0.25) is 0 Å². The zero-order valence-electron chi connectivity index (χ0n) is 11.2. The standard InChI is InChI=1S/C14H24N2O/c1-11(2)15-8-13-4-5-14(17-13)10-16-7-6-12(3)9-16/h4-5,11-12,15H,6-10H2,1-3H3. The predicted molar refractivity (Wildman–Crippen MR) is 69.7 cm³/mol. The minimum atomic E-state index is 0.503. The Hall–Kier alpha value is -0.800. The molecule has 0 saturated carbocycles. The van der Waals surface area contributed by atoms with E-state index >= 15 is 0 Å². The normalized spacial score (nSPS) is 21.5. The predicted octanol–water partition coefficient (Wildman–Crippen LogP) is 2.62. The molecule has 1 aliphatic rings. The van der Waals surface area contributed by atoms with Crippen molar-refractivity contribution in [2.24, 2.45) is 5.92 Å². The Kier molecular flexibility index (Phi) is 4.24. The molecule has 17 heavy (non-hydrogen) atoms. The van der Waals surface area contributed by atoms with Gasteiger partial charge in [-0.25, -0.2) is 0 Å². The van der Waals surface area contributed by atoms with Crippen LogP contribution in [-0.2, 0) is 13.1 Å². The molecule has 1 aromatic heterocycles. The van der Waals surface area contributed by atoms with Crippen LogP contribution in [0.4, 0.5) is 0 Å². The Balaban J connectivity index is 1.81. The third-order valence-corrected chi connectivity index (χ3v) is 3.29. The lowest BCUT2D eigenvalue weighted by atomic mass is 10.2. The fraction of sp³-hybridized carbons (Fsp3) is 0.714. The second kappa shape index (κ2) is 5.69. The van der Waals surface area contributed by atoms with Gasteiger partial charge in [0, 0.05) is 12.6 Å². The van der Waals surface area contributed by atoms with Gasteiger partial charge in [0.15, 0.2) is 0 Å². The molecule has 0 radical (unpaired) electrons. The molecule has 0 aromatic carbocycles. The topological polar surface area (TPSA) is 28.4 Å². The Morgan fingerprint density at radius 1 is 1.41 bits per heavy atom. The fourth-order valence-corrected chi connectivity index (χ4v) is 2.30. The maximum atomic E-state index is 5.83. The maximum absolute atomic E-state index is 5.83. The van der Waals surface area contributed by atoms with E-state index in [-0.39, 0.29) is 0 Å². The van der Waals surface area contributed by atoms with Crippen LogP contribution in [0.25, 0.3) is 0 Å². The molecule has 0 bridgehead atoms.